The predicted octanol–water partition coefficient (Wildman–Crippen LogP) is 7.95. The second-order valence-corrected chi connectivity index (χ2v) is 10.3. The molecule has 2 amide bonds. The van der Waals surface area contributed by atoms with E-state index in [1.165, 1.54) is 0 Å². The first-order chi connectivity index (χ1) is 20.1. The van der Waals surface area contributed by atoms with Crippen molar-refractivity contribution in [2.75, 3.05) is 10.6 Å². The lowest BCUT2D eigenvalue weighted by Crippen LogP contribution is -2.14. The first-order valence-electron chi connectivity index (χ1n) is 13.8. The lowest BCUT2D eigenvalue weighted by molar-refractivity contribution is -0.116. The van der Waals surface area contributed by atoms with E-state index in [1.54, 1.807) is 0 Å². The molecule has 200 valence electrons. The Morgan fingerprint density at radius 2 is 0.829 bits per heavy atom. The third kappa shape index (κ3) is 6.34. The lowest BCUT2D eigenvalue weighted by atomic mass is 10.0. The fourth-order valence-electron chi connectivity index (χ4n) is 5.30. The summed E-state index contributed by atoms with van der Waals surface area (Å²) in [5, 5.41) is 10.5. The maximum absolute atomic E-state index is 12.7. The summed E-state index contributed by atoms with van der Waals surface area (Å²) in [5.41, 5.74) is 5.89. The van der Waals surface area contributed by atoms with E-state index in [4.69, 9.17) is 0 Å². The van der Waals surface area contributed by atoms with E-state index in [0.29, 0.717) is 12.8 Å². The SMILES string of the molecule is O=C(Cc1cccc2ccccc12)Nc1ccc(Cc2ccc(NC(=O)Cc3cccc4ccccc34)cc2)cc1. The van der Waals surface area contributed by atoms with E-state index in [9.17, 15) is 9.59 Å². The van der Waals surface area contributed by atoms with Gasteiger partial charge in [-0.05, 0) is 74.5 Å². The Balaban J connectivity index is 1.02. The molecule has 0 aliphatic heterocycles. The van der Waals surface area contributed by atoms with Crippen molar-refractivity contribution in [3.05, 3.63) is 156 Å². The summed E-state index contributed by atoms with van der Waals surface area (Å²) >= 11 is 0. The van der Waals surface area contributed by atoms with E-state index in [1.807, 2.05) is 97.1 Å². The molecule has 0 atom stereocenters. The molecule has 0 unspecified atom stereocenters. The molecular formula is C37H30N2O2. The summed E-state index contributed by atoms with van der Waals surface area (Å²) in [6.45, 7) is 0. The molecule has 6 rings (SSSR count). The standard InChI is InChI=1S/C37H30N2O2/c40-36(24-30-11-5-9-28-7-1-3-13-34(28)30)38-32-19-15-26(16-20-32)23-27-17-21-33(22-18-27)39-37(41)25-31-12-6-10-29-8-2-4-14-35(29)31/h1-22H,23-25H2,(H,38,40)(H,39,41). The van der Waals surface area contributed by atoms with Gasteiger partial charge in [0, 0.05) is 11.4 Å². The average molecular weight is 535 g/mol. The Hall–Kier alpha value is -5.22. The van der Waals surface area contributed by atoms with Crippen molar-refractivity contribution in [3.63, 3.8) is 0 Å². The highest BCUT2D eigenvalue weighted by molar-refractivity contribution is 5.97. The highest BCUT2D eigenvalue weighted by atomic mass is 16.2. The van der Waals surface area contributed by atoms with E-state index >= 15 is 0 Å². The number of amides is 2. The molecule has 0 spiro atoms. The van der Waals surface area contributed by atoms with Crippen LogP contribution in [0.25, 0.3) is 21.5 Å². The van der Waals surface area contributed by atoms with Gasteiger partial charge in [-0.2, -0.15) is 0 Å². The number of anilines is 2. The van der Waals surface area contributed by atoms with Crippen LogP contribution in [0.4, 0.5) is 11.4 Å². The maximum Gasteiger partial charge on any atom is 0.228 e. The van der Waals surface area contributed by atoms with Crippen LogP contribution in [0.15, 0.2) is 133 Å². The fraction of sp³-hybridized carbons (Fsp3) is 0.0811. The van der Waals surface area contributed by atoms with Crippen molar-refractivity contribution in [1.82, 2.24) is 0 Å². The zero-order chi connectivity index (χ0) is 28.0. The van der Waals surface area contributed by atoms with Gasteiger partial charge in [0.2, 0.25) is 11.8 Å². The molecule has 4 nitrogen and oxygen atoms in total. The van der Waals surface area contributed by atoms with Crippen molar-refractivity contribution in [1.29, 1.82) is 0 Å². The molecule has 0 aliphatic rings. The van der Waals surface area contributed by atoms with Crippen LogP contribution in [0.2, 0.25) is 0 Å². The minimum Gasteiger partial charge on any atom is -0.326 e. The van der Waals surface area contributed by atoms with Crippen molar-refractivity contribution in [3.8, 4) is 0 Å². The first-order valence-corrected chi connectivity index (χ1v) is 13.8. The smallest absolute Gasteiger partial charge is 0.228 e. The molecule has 0 saturated carbocycles. The third-order valence-corrected chi connectivity index (χ3v) is 7.35. The number of nitrogens with one attached hydrogen (secondary N) is 2. The molecule has 0 aliphatic carbocycles. The molecule has 2 N–H and O–H groups in total. The summed E-state index contributed by atoms with van der Waals surface area (Å²) in [7, 11) is 0. The van der Waals surface area contributed by atoms with Gasteiger partial charge in [-0.25, -0.2) is 0 Å². The highest BCUT2D eigenvalue weighted by Gasteiger charge is 2.09. The average Bonchev–Trinajstić information content (AvgIpc) is 2.99. The van der Waals surface area contributed by atoms with Gasteiger partial charge in [0.25, 0.3) is 0 Å². The zero-order valence-corrected chi connectivity index (χ0v) is 22.6. The van der Waals surface area contributed by atoms with Crippen LogP contribution in [0.5, 0.6) is 0 Å². The summed E-state index contributed by atoms with van der Waals surface area (Å²) in [4.78, 5) is 25.5. The van der Waals surface area contributed by atoms with Crippen molar-refractivity contribution >= 4 is 44.7 Å². The summed E-state index contributed by atoms with van der Waals surface area (Å²) in [6.07, 6.45) is 1.41. The molecule has 0 radical (unpaired) electrons. The third-order valence-electron chi connectivity index (χ3n) is 7.35. The molecule has 4 heteroatoms. The van der Waals surface area contributed by atoms with Crippen LogP contribution in [-0.4, -0.2) is 11.8 Å². The number of fused-ring (bicyclic) bond motifs is 2. The van der Waals surface area contributed by atoms with Crippen molar-refractivity contribution < 1.29 is 9.59 Å². The maximum atomic E-state index is 12.7. The summed E-state index contributed by atoms with van der Waals surface area (Å²) in [5.74, 6) is -0.0700. The van der Waals surface area contributed by atoms with Gasteiger partial charge in [0.15, 0.2) is 0 Å². The monoisotopic (exact) mass is 534 g/mol. The van der Waals surface area contributed by atoms with E-state index in [0.717, 1.165) is 61.6 Å². The summed E-state index contributed by atoms with van der Waals surface area (Å²) in [6, 6.07) is 44.3. The van der Waals surface area contributed by atoms with Crippen LogP contribution in [0, 0.1) is 0 Å². The fourth-order valence-corrected chi connectivity index (χ4v) is 5.30. The number of carbonyl (C=O) groups excluding carboxylic acids is 2. The van der Waals surface area contributed by atoms with E-state index < -0.39 is 0 Å². The van der Waals surface area contributed by atoms with Gasteiger partial charge < -0.3 is 10.6 Å². The van der Waals surface area contributed by atoms with Crippen LogP contribution in [0.3, 0.4) is 0 Å². The van der Waals surface area contributed by atoms with Gasteiger partial charge in [-0.1, -0.05) is 109 Å². The Labute approximate surface area is 239 Å². The van der Waals surface area contributed by atoms with Crippen LogP contribution >= 0.6 is 0 Å². The van der Waals surface area contributed by atoms with Gasteiger partial charge >= 0.3 is 0 Å². The van der Waals surface area contributed by atoms with Gasteiger partial charge in [0.1, 0.15) is 0 Å². The molecule has 0 fully saturated rings. The van der Waals surface area contributed by atoms with E-state index in [2.05, 4.69) is 47.0 Å². The van der Waals surface area contributed by atoms with Crippen LogP contribution in [0.1, 0.15) is 22.3 Å². The minimum atomic E-state index is -0.0350. The summed E-state index contributed by atoms with van der Waals surface area (Å²) < 4.78 is 0. The molecule has 6 aromatic carbocycles. The quantitative estimate of drug-likeness (QED) is 0.208. The number of rotatable bonds is 8. The highest BCUT2D eigenvalue weighted by Crippen LogP contribution is 2.22. The van der Waals surface area contributed by atoms with Gasteiger partial charge in [-0.15, -0.1) is 0 Å². The Kier molecular flexibility index (Phi) is 7.55. The Bertz CT molecular complexity index is 1690. The molecule has 6 aromatic rings. The number of hydrogen-bond acceptors (Lipinski definition) is 2. The predicted molar refractivity (Wildman–Crippen MR) is 168 cm³/mol. The normalized spacial score (nSPS) is 10.9. The Morgan fingerprint density at radius 1 is 0.439 bits per heavy atom. The van der Waals surface area contributed by atoms with Crippen LogP contribution < -0.4 is 10.6 Å². The lowest BCUT2D eigenvalue weighted by Gasteiger charge is -2.10. The zero-order valence-electron chi connectivity index (χ0n) is 22.6. The van der Waals surface area contributed by atoms with Gasteiger partial charge in [0.05, 0.1) is 12.8 Å². The number of hydrogen-bond donors (Lipinski definition) is 2. The largest absolute Gasteiger partial charge is 0.326 e. The van der Waals surface area contributed by atoms with Crippen LogP contribution in [-0.2, 0) is 28.9 Å². The molecule has 0 saturated heterocycles. The second-order valence-electron chi connectivity index (χ2n) is 10.3. The molecule has 41 heavy (non-hydrogen) atoms. The first kappa shape index (κ1) is 26.0. The molecule has 0 bridgehead atoms. The topological polar surface area (TPSA) is 58.2 Å². The second kappa shape index (κ2) is 11.9. The number of carbonyl (C=O) groups is 2. The van der Waals surface area contributed by atoms with E-state index in [-0.39, 0.29) is 11.8 Å². The minimum absolute atomic E-state index is 0.0350. The van der Waals surface area contributed by atoms with Crippen molar-refractivity contribution in [2.45, 2.75) is 19.3 Å². The molecule has 0 aromatic heterocycles. The van der Waals surface area contributed by atoms with Crippen molar-refractivity contribution in [2.24, 2.45) is 0 Å². The molecular weight excluding hydrogens is 504 g/mol. The number of benzene rings is 6. The Morgan fingerprint density at radius 3 is 1.27 bits per heavy atom. The molecule has 0 heterocycles. The van der Waals surface area contributed by atoms with Gasteiger partial charge in [-0.3, -0.25) is 9.59 Å².